The second-order valence-corrected chi connectivity index (χ2v) is 6.63. The Morgan fingerprint density at radius 2 is 1.70 bits per heavy atom. The Bertz CT molecular complexity index is 1210. The maximum atomic E-state index is 14.8. The highest BCUT2D eigenvalue weighted by Crippen LogP contribution is 2.27. The van der Waals surface area contributed by atoms with Gasteiger partial charge in [-0.1, -0.05) is 0 Å². The molecular weight excluding hydrogens is 391 g/mol. The Morgan fingerprint density at radius 1 is 0.867 bits per heavy atom. The number of rotatable bonds is 5. The lowest BCUT2D eigenvalue weighted by Crippen LogP contribution is -2.06. The molecule has 8 heteroatoms. The summed E-state index contributed by atoms with van der Waals surface area (Å²) in [6.07, 6.45) is 6.92. The summed E-state index contributed by atoms with van der Waals surface area (Å²) in [7, 11) is 0. The van der Waals surface area contributed by atoms with E-state index in [0.29, 0.717) is 16.7 Å². The van der Waals surface area contributed by atoms with Gasteiger partial charge >= 0.3 is 0 Å². The smallest absolute Gasteiger partial charge is 0.173 e. The first-order valence-electron chi connectivity index (χ1n) is 9.08. The first-order chi connectivity index (χ1) is 14.5. The van der Waals surface area contributed by atoms with E-state index >= 15 is 0 Å². The van der Waals surface area contributed by atoms with Gasteiger partial charge in [-0.2, -0.15) is 0 Å². The summed E-state index contributed by atoms with van der Waals surface area (Å²) in [6.45, 7) is 1.92. The number of halogens is 3. The Morgan fingerprint density at radius 3 is 2.47 bits per heavy atom. The molecule has 0 aliphatic rings. The van der Waals surface area contributed by atoms with Crippen molar-refractivity contribution in [3.05, 3.63) is 90.0 Å². The number of nitrogens with one attached hydrogen (secondary N) is 1. The van der Waals surface area contributed by atoms with E-state index in [1.165, 1.54) is 36.8 Å². The molecule has 0 bridgehead atoms. The molecule has 0 saturated carbocycles. The van der Waals surface area contributed by atoms with E-state index in [-0.39, 0.29) is 23.6 Å². The standard InChI is InChI=1S/C22H16F3N5/c1-13-6-15(2-4-27-13)21-19(24)7-14(9-29-21)10-30-22-20(25)18(3-5-28-22)16-8-17(23)12-26-11-16/h2-9,11-12H,10H2,1H3,(H,28,30). The minimum atomic E-state index is -0.651. The summed E-state index contributed by atoms with van der Waals surface area (Å²) in [5.74, 6) is -1.75. The van der Waals surface area contributed by atoms with Gasteiger partial charge in [0.15, 0.2) is 11.6 Å². The van der Waals surface area contributed by atoms with E-state index < -0.39 is 17.5 Å². The molecule has 0 aromatic carbocycles. The van der Waals surface area contributed by atoms with Crippen LogP contribution in [-0.2, 0) is 6.54 Å². The quantitative estimate of drug-likeness (QED) is 0.508. The fraction of sp³-hybridized carbons (Fsp3) is 0.0909. The topological polar surface area (TPSA) is 63.6 Å². The monoisotopic (exact) mass is 407 g/mol. The lowest BCUT2D eigenvalue weighted by Gasteiger charge is -2.11. The third-order valence-electron chi connectivity index (χ3n) is 4.43. The summed E-state index contributed by atoms with van der Waals surface area (Å²) in [4.78, 5) is 16.0. The molecule has 150 valence electrons. The highest BCUT2D eigenvalue weighted by Gasteiger charge is 2.13. The Balaban J connectivity index is 1.54. The average molecular weight is 407 g/mol. The fourth-order valence-corrected chi connectivity index (χ4v) is 3.01. The maximum Gasteiger partial charge on any atom is 0.173 e. The summed E-state index contributed by atoms with van der Waals surface area (Å²) in [6, 6.07) is 7.39. The van der Waals surface area contributed by atoms with Gasteiger partial charge in [0.1, 0.15) is 17.3 Å². The van der Waals surface area contributed by atoms with Crippen molar-refractivity contribution in [1.29, 1.82) is 0 Å². The van der Waals surface area contributed by atoms with Crippen LogP contribution in [0.4, 0.5) is 19.0 Å². The summed E-state index contributed by atoms with van der Waals surface area (Å²) in [5, 5.41) is 2.83. The van der Waals surface area contributed by atoms with Crippen LogP contribution in [0, 0.1) is 24.4 Å². The molecule has 1 N–H and O–H groups in total. The Kier molecular flexibility index (Phi) is 5.38. The van der Waals surface area contributed by atoms with E-state index in [4.69, 9.17) is 0 Å². The van der Waals surface area contributed by atoms with Gasteiger partial charge in [0.05, 0.1) is 6.20 Å². The molecule has 4 heterocycles. The molecule has 0 amide bonds. The van der Waals surface area contributed by atoms with Crippen molar-refractivity contribution in [3.63, 3.8) is 0 Å². The van der Waals surface area contributed by atoms with Crippen molar-refractivity contribution in [3.8, 4) is 22.4 Å². The number of hydrogen-bond acceptors (Lipinski definition) is 5. The van der Waals surface area contributed by atoms with Crippen LogP contribution in [0.1, 0.15) is 11.3 Å². The second kappa shape index (κ2) is 8.28. The molecule has 4 aromatic rings. The zero-order chi connectivity index (χ0) is 21.1. The van der Waals surface area contributed by atoms with E-state index in [1.807, 2.05) is 6.92 Å². The molecule has 4 aromatic heterocycles. The highest BCUT2D eigenvalue weighted by molar-refractivity contribution is 5.66. The van der Waals surface area contributed by atoms with E-state index in [1.54, 1.807) is 18.3 Å². The molecule has 0 radical (unpaired) electrons. The predicted octanol–water partition coefficient (Wildman–Crippen LogP) is 4.94. The molecular formula is C22H16F3N5. The fourth-order valence-electron chi connectivity index (χ4n) is 3.01. The Hall–Kier alpha value is -3.81. The lowest BCUT2D eigenvalue weighted by atomic mass is 10.1. The van der Waals surface area contributed by atoms with Crippen LogP contribution in [0.2, 0.25) is 0 Å². The van der Waals surface area contributed by atoms with Gasteiger partial charge in [-0.3, -0.25) is 15.0 Å². The maximum absolute atomic E-state index is 14.8. The van der Waals surface area contributed by atoms with Crippen molar-refractivity contribution >= 4 is 5.82 Å². The number of anilines is 1. The van der Waals surface area contributed by atoms with Crippen LogP contribution in [0.3, 0.4) is 0 Å². The third-order valence-corrected chi connectivity index (χ3v) is 4.43. The summed E-state index contributed by atoms with van der Waals surface area (Å²) >= 11 is 0. The molecule has 0 saturated heterocycles. The molecule has 0 aliphatic carbocycles. The lowest BCUT2D eigenvalue weighted by molar-refractivity contribution is 0.618. The van der Waals surface area contributed by atoms with Crippen molar-refractivity contribution < 1.29 is 13.2 Å². The van der Waals surface area contributed by atoms with Gasteiger partial charge in [-0.15, -0.1) is 0 Å². The van der Waals surface area contributed by atoms with Crippen LogP contribution in [0.25, 0.3) is 22.4 Å². The van der Waals surface area contributed by atoms with E-state index in [0.717, 1.165) is 11.9 Å². The van der Waals surface area contributed by atoms with Gasteiger partial charge < -0.3 is 5.32 Å². The van der Waals surface area contributed by atoms with Crippen LogP contribution in [0.15, 0.2) is 61.3 Å². The van der Waals surface area contributed by atoms with Gasteiger partial charge in [0, 0.05) is 53.7 Å². The van der Waals surface area contributed by atoms with Crippen molar-refractivity contribution in [1.82, 2.24) is 19.9 Å². The predicted molar refractivity (Wildman–Crippen MR) is 107 cm³/mol. The number of pyridine rings is 4. The molecule has 0 spiro atoms. The number of hydrogen-bond donors (Lipinski definition) is 1. The molecule has 0 atom stereocenters. The summed E-state index contributed by atoms with van der Waals surface area (Å²) in [5.41, 5.74) is 2.57. The summed E-state index contributed by atoms with van der Waals surface area (Å²) < 4.78 is 42.8. The third kappa shape index (κ3) is 4.12. The molecule has 0 aliphatic heterocycles. The zero-order valence-corrected chi connectivity index (χ0v) is 15.9. The first-order valence-corrected chi connectivity index (χ1v) is 9.08. The van der Waals surface area contributed by atoms with E-state index in [9.17, 15) is 13.2 Å². The van der Waals surface area contributed by atoms with Crippen LogP contribution in [0.5, 0.6) is 0 Å². The second-order valence-electron chi connectivity index (χ2n) is 6.63. The SMILES string of the molecule is Cc1cc(-c2ncc(CNc3nccc(-c4cncc(F)c4)c3F)cc2F)ccn1. The molecule has 4 rings (SSSR count). The van der Waals surface area contributed by atoms with Gasteiger partial charge in [0.2, 0.25) is 0 Å². The van der Waals surface area contributed by atoms with E-state index in [2.05, 4.69) is 25.3 Å². The number of nitrogens with zero attached hydrogens (tertiary/aromatic N) is 4. The van der Waals surface area contributed by atoms with Gasteiger partial charge in [0.25, 0.3) is 0 Å². The zero-order valence-electron chi connectivity index (χ0n) is 15.9. The normalized spacial score (nSPS) is 10.8. The van der Waals surface area contributed by atoms with Crippen LogP contribution >= 0.6 is 0 Å². The minimum Gasteiger partial charge on any atom is -0.363 e. The molecule has 0 unspecified atom stereocenters. The average Bonchev–Trinajstić information content (AvgIpc) is 2.73. The number of aryl methyl sites for hydroxylation is 1. The van der Waals surface area contributed by atoms with Gasteiger partial charge in [-0.05, 0) is 42.8 Å². The Labute approximate surface area is 170 Å². The van der Waals surface area contributed by atoms with Crippen LogP contribution in [-0.4, -0.2) is 19.9 Å². The van der Waals surface area contributed by atoms with Crippen molar-refractivity contribution in [2.24, 2.45) is 0 Å². The minimum absolute atomic E-state index is 0.0361. The van der Waals surface area contributed by atoms with Crippen molar-refractivity contribution in [2.75, 3.05) is 5.32 Å². The molecule has 30 heavy (non-hydrogen) atoms. The van der Waals surface area contributed by atoms with Crippen LogP contribution < -0.4 is 5.32 Å². The highest BCUT2D eigenvalue weighted by atomic mass is 19.1. The molecule has 5 nitrogen and oxygen atoms in total. The first kappa shape index (κ1) is 19.5. The van der Waals surface area contributed by atoms with Crippen molar-refractivity contribution in [2.45, 2.75) is 13.5 Å². The van der Waals surface area contributed by atoms with Gasteiger partial charge in [-0.25, -0.2) is 18.2 Å². The molecule has 0 fully saturated rings. The largest absolute Gasteiger partial charge is 0.363 e. The number of aromatic nitrogens is 4.